The Morgan fingerprint density at radius 1 is 1.47 bits per heavy atom. The summed E-state index contributed by atoms with van der Waals surface area (Å²) in [6.07, 6.45) is 0. The van der Waals surface area contributed by atoms with Crippen LogP contribution in [0.2, 0.25) is 5.02 Å². The fraction of sp³-hybridized carbons (Fsp3) is 0.273. The molecular formula is C11H12BrClN4. The van der Waals surface area contributed by atoms with Crippen LogP contribution in [0.3, 0.4) is 0 Å². The molecule has 0 aliphatic rings. The van der Waals surface area contributed by atoms with Crippen molar-refractivity contribution in [2.24, 2.45) is 7.05 Å². The molecule has 1 N–H and O–H groups in total. The molecule has 4 nitrogen and oxygen atoms in total. The molecule has 0 saturated carbocycles. The summed E-state index contributed by atoms with van der Waals surface area (Å²) in [5.41, 5.74) is 3.04. The highest BCUT2D eigenvalue weighted by Crippen LogP contribution is 2.28. The zero-order chi connectivity index (χ0) is 12.4. The smallest absolute Gasteiger partial charge is 0.156 e. The third kappa shape index (κ3) is 2.51. The van der Waals surface area contributed by atoms with E-state index in [0.29, 0.717) is 0 Å². The topological polar surface area (TPSA) is 42.7 Å². The van der Waals surface area contributed by atoms with Crippen molar-refractivity contribution in [3.05, 3.63) is 33.4 Å². The van der Waals surface area contributed by atoms with Crippen molar-refractivity contribution in [2.75, 3.05) is 7.05 Å². The van der Waals surface area contributed by atoms with Gasteiger partial charge in [-0.1, -0.05) is 22.9 Å². The van der Waals surface area contributed by atoms with E-state index in [2.05, 4.69) is 31.6 Å². The fourth-order valence-corrected chi connectivity index (χ4v) is 2.43. The van der Waals surface area contributed by atoms with Crippen LogP contribution in [0.1, 0.15) is 5.56 Å². The fourth-order valence-electron chi connectivity index (χ4n) is 1.69. The molecule has 0 radical (unpaired) electrons. The summed E-state index contributed by atoms with van der Waals surface area (Å²) in [5.74, 6) is 0. The van der Waals surface area contributed by atoms with Gasteiger partial charge in [0, 0.05) is 24.2 Å². The van der Waals surface area contributed by atoms with Crippen molar-refractivity contribution >= 4 is 27.5 Å². The summed E-state index contributed by atoms with van der Waals surface area (Å²) in [7, 11) is 3.75. The molecule has 0 aliphatic heterocycles. The molecule has 0 amide bonds. The first-order chi connectivity index (χ1) is 8.13. The van der Waals surface area contributed by atoms with E-state index in [4.69, 9.17) is 11.6 Å². The zero-order valence-electron chi connectivity index (χ0n) is 9.54. The second kappa shape index (κ2) is 5.16. The van der Waals surface area contributed by atoms with Crippen molar-refractivity contribution < 1.29 is 0 Å². The molecule has 2 aromatic rings. The second-order valence-electron chi connectivity index (χ2n) is 3.69. The summed E-state index contributed by atoms with van der Waals surface area (Å²) < 4.78 is 2.47. The molecule has 2 rings (SSSR count). The van der Waals surface area contributed by atoms with E-state index < -0.39 is 0 Å². The molecule has 0 saturated heterocycles. The van der Waals surface area contributed by atoms with E-state index >= 15 is 0 Å². The van der Waals surface area contributed by atoms with E-state index in [9.17, 15) is 0 Å². The van der Waals surface area contributed by atoms with Gasteiger partial charge in [-0.05, 0) is 40.7 Å². The first-order valence-corrected chi connectivity index (χ1v) is 6.29. The van der Waals surface area contributed by atoms with Gasteiger partial charge in [0.2, 0.25) is 0 Å². The highest BCUT2D eigenvalue weighted by atomic mass is 79.9. The normalized spacial score (nSPS) is 10.8. The number of nitrogens with zero attached hydrogens (tertiary/aromatic N) is 3. The number of halogens is 2. The number of rotatable bonds is 3. The number of benzene rings is 1. The second-order valence-corrected chi connectivity index (χ2v) is 4.85. The van der Waals surface area contributed by atoms with Crippen molar-refractivity contribution in [1.82, 2.24) is 20.3 Å². The van der Waals surface area contributed by atoms with E-state index in [1.807, 2.05) is 32.3 Å². The summed E-state index contributed by atoms with van der Waals surface area (Å²) in [5, 5.41) is 11.8. The van der Waals surface area contributed by atoms with Crippen molar-refractivity contribution in [2.45, 2.75) is 6.54 Å². The van der Waals surface area contributed by atoms with Crippen molar-refractivity contribution in [3.63, 3.8) is 0 Å². The Hall–Kier alpha value is -0.910. The lowest BCUT2D eigenvalue weighted by atomic mass is 10.1. The average Bonchev–Trinajstić information content (AvgIpc) is 2.63. The van der Waals surface area contributed by atoms with Crippen LogP contribution < -0.4 is 5.32 Å². The molecule has 90 valence electrons. The van der Waals surface area contributed by atoms with Crippen molar-refractivity contribution in [3.8, 4) is 11.3 Å². The van der Waals surface area contributed by atoms with Gasteiger partial charge in [-0.3, -0.25) is 0 Å². The molecule has 1 heterocycles. The third-order valence-corrected chi connectivity index (χ3v) is 3.37. The van der Waals surface area contributed by atoms with Crippen LogP contribution in [-0.2, 0) is 13.6 Å². The van der Waals surface area contributed by atoms with E-state index in [1.54, 1.807) is 4.68 Å². The monoisotopic (exact) mass is 314 g/mol. The molecule has 0 aliphatic carbocycles. The van der Waals surface area contributed by atoms with E-state index in [0.717, 1.165) is 33.0 Å². The Labute approximate surface area is 113 Å². The average molecular weight is 316 g/mol. The van der Waals surface area contributed by atoms with Crippen LogP contribution in [0.5, 0.6) is 0 Å². The lowest BCUT2D eigenvalue weighted by Crippen LogP contribution is -2.06. The Bertz CT molecular complexity index is 519. The Morgan fingerprint density at radius 2 is 2.24 bits per heavy atom. The molecule has 1 aromatic heterocycles. The number of hydrogen-bond acceptors (Lipinski definition) is 3. The third-order valence-electron chi connectivity index (χ3n) is 2.47. The quantitative estimate of drug-likeness (QED) is 0.947. The van der Waals surface area contributed by atoms with Crippen molar-refractivity contribution in [1.29, 1.82) is 0 Å². The van der Waals surface area contributed by atoms with Crippen LogP contribution in [0.15, 0.2) is 22.8 Å². The van der Waals surface area contributed by atoms with Gasteiger partial charge in [-0.25, -0.2) is 4.68 Å². The molecule has 6 heteroatoms. The predicted octanol–water partition coefficient (Wildman–Crippen LogP) is 2.62. The summed E-state index contributed by atoms with van der Waals surface area (Å²) in [6, 6.07) is 5.90. The molecule has 0 unspecified atom stereocenters. The molecule has 0 bridgehead atoms. The number of aromatic nitrogens is 3. The molecule has 0 fully saturated rings. The maximum Gasteiger partial charge on any atom is 0.156 e. The molecule has 0 spiro atoms. The summed E-state index contributed by atoms with van der Waals surface area (Å²) in [6.45, 7) is 0.732. The molecule has 0 atom stereocenters. The standard InChI is InChI=1S/C11H12BrClN4/c1-14-6-8-5-7(3-4-9(8)13)10-11(12)15-16-17(10)2/h3-5,14H,6H2,1-2H3. The lowest BCUT2D eigenvalue weighted by molar-refractivity contribution is 0.720. The maximum absolute atomic E-state index is 6.13. The predicted molar refractivity (Wildman–Crippen MR) is 71.9 cm³/mol. The minimum atomic E-state index is 0.732. The highest BCUT2D eigenvalue weighted by molar-refractivity contribution is 9.10. The Morgan fingerprint density at radius 3 is 2.82 bits per heavy atom. The van der Waals surface area contributed by atoms with Crippen LogP contribution in [-0.4, -0.2) is 22.0 Å². The number of aryl methyl sites for hydroxylation is 1. The highest BCUT2D eigenvalue weighted by Gasteiger charge is 2.12. The van der Waals surface area contributed by atoms with Crippen LogP contribution in [0, 0.1) is 0 Å². The van der Waals surface area contributed by atoms with Gasteiger partial charge < -0.3 is 5.32 Å². The van der Waals surface area contributed by atoms with Crippen LogP contribution in [0.25, 0.3) is 11.3 Å². The van der Waals surface area contributed by atoms with Crippen LogP contribution in [0.4, 0.5) is 0 Å². The van der Waals surface area contributed by atoms with Gasteiger partial charge in [0.15, 0.2) is 4.60 Å². The van der Waals surface area contributed by atoms with Gasteiger partial charge in [0.1, 0.15) is 5.69 Å². The Kier molecular flexibility index (Phi) is 3.81. The van der Waals surface area contributed by atoms with Gasteiger partial charge in [-0.15, -0.1) is 5.10 Å². The van der Waals surface area contributed by atoms with Gasteiger partial charge >= 0.3 is 0 Å². The van der Waals surface area contributed by atoms with E-state index in [-0.39, 0.29) is 0 Å². The number of hydrogen-bond donors (Lipinski definition) is 1. The molecular weight excluding hydrogens is 304 g/mol. The largest absolute Gasteiger partial charge is 0.316 e. The summed E-state index contributed by atoms with van der Waals surface area (Å²) in [4.78, 5) is 0. The summed E-state index contributed by atoms with van der Waals surface area (Å²) >= 11 is 9.52. The Balaban J connectivity index is 2.50. The minimum absolute atomic E-state index is 0.732. The first-order valence-electron chi connectivity index (χ1n) is 5.12. The number of nitrogens with one attached hydrogen (secondary N) is 1. The van der Waals surface area contributed by atoms with Gasteiger partial charge in [0.05, 0.1) is 0 Å². The van der Waals surface area contributed by atoms with E-state index in [1.165, 1.54) is 0 Å². The molecule has 17 heavy (non-hydrogen) atoms. The maximum atomic E-state index is 6.13. The minimum Gasteiger partial charge on any atom is -0.316 e. The van der Waals surface area contributed by atoms with Gasteiger partial charge in [-0.2, -0.15) is 0 Å². The zero-order valence-corrected chi connectivity index (χ0v) is 11.9. The lowest BCUT2D eigenvalue weighted by Gasteiger charge is -2.07. The first kappa shape index (κ1) is 12.5. The van der Waals surface area contributed by atoms with Gasteiger partial charge in [0.25, 0.3) is 0 Å². The van der Waals surface area contributed by atoms with Crippen LogP contribution >= 0.6 is 27.5 Å². The molecule has 1 aromatic carbocycles. The SMILES string of the molecule is CNCc1cc(-c2c(Br)nnn2C)ccc1Cl.